The van der Waals surface area contributed by atoms with Crippen molar-refractivity contribution in [2.75, 3.05) is 18.8 Å². The molecular weight excluding hydrogens is 293 g/mol. The first kappa shape index (κ1) is 17.9. The highest BCUT2D eigenvalue weighted by atomic mass is 32.2. The van der Waals surface area contributed by atoms with E-state index in [-0.39, 0.29) is 17.1 Å². The molecule has 5 nitrogen and oxygen atoms in total. The highest BCUT2D eigenvalue weighted by Gasteiger charge is 2.19. The fraction of sp³-hybridized carbons (Fsp3) is 0.571. The zero-order valence-corrected chi connectivity index (χ0v) is 13.7. The quantitative estimate of drug-likeness (QED) is 0.752. The van der Waals surface area contributed by atoms with E-state index in [9.17, 15) is 12.8 Å². The lowest BCUT2D eigenvalue weighted by Crippen LogP contribution is -2.42. The standard InChI is InChI=1S/C14H24FN3O2S/c1-10(2)18(11(3)4)8-7-17-21(19,20)14-6-5-12(15)9-13(14)16/h5-6,9-11,17H,7-8,16H2,1-4H3. The summed E-state index contributed by atoms with van der Waals surface area (Å²) in [4.78, 5) is 2.08. The Bertz CT molecular complexity index is 566. The molecule has 0 heterocycles. The van der Waals surface area contributed by atoms with Crippen LogP contribution in [0, 0.1) is 5.82 Å². The summed E-state index contributed by atoms with van der Waals surface area (Å²) in [6.45, 7) is 9.11. The van der Waals surface area contributed by atoms with Crippen LogP contribution in [0.1, 0.15) is 27.7 Å². The number of nitrogens with zero attached hydrogens (tertiary/aromatic N) is 1. The van der Waals surface area contributed by atoms with Crippen LogP contribution in [-0.4, -0.2) is 38.5 Å². The molecule has 120 valence electrons. The summed E-state index contributed by atoms with van der Waals surface area (Å²) in [5.74, 6) is -0.558. The molecule has 0 aromatic heterocycles. The Morgan fingerprint density at radius 3 is 2.29 bits per heavy atom. The van der Waals surface area contributed by atoms with Gasteiger partial charge in [-0.1, -0.05) is 0 Å². The number of nitrogens with one attached hydrogen (secondary N) is 1. The largest absolute Gasteiger partial charge is 0.398 e. The molecule has 1 rings (SSSR count). The van der Waals surface area contributed by atoms with Gasteiger partial charge in [0.15, 0.2) is 0 Å². The van der Waals surface area contributed by atoms with Crippen molar-refractivity contribution >= 4 is 15.7 Å². The van der Waals surface area contributed by atoms with E-state index >= 15 is 0 Å². The minimum absolute atomic E-state index is 0.0907. The molecule has 0 fully saturated rings. The average molecular weight is 317 g/mol. The average Bonchev–Trinajstić information content (AvgIpc) is 2.33. The number of sulfonamides is 1. The Labute approximate surface area is 126 Å². The van der Waals surface area contributed by atoms with Gasteiger partial charge in [-0.25, -0.2) is 17.5 Å². The lowest BCUT2D eigenvalue weighted by molar-refractivity contribution is 0.179. The molecule has 0 atom stereocenters. The number of anilines is 1. The Morgan fingerprint density at radius 2 is 1.81 bits per heavy atom. The van der Waals surface area contributed by atoms with Gasteiger partial charge in [0.1, 0.15) is 10.7 Å². The fourth-order valence-electron chi connectivity index (χ4n) is 2.26. The predicted octanol–water partition coefficient (Wildman–Crippen LogP) is 1.80. The molecule has 1 aromatic rings. The number of nitrogens with two attached hydrogens (primary N) is 1. The smallest absolute Gasteiger partial charge is 0.242 e. The summed E-state index contributed by atoms with van der Waals surface area (Å²) < 4.78 is 39.8. The SMILES string of the molecule is CC(C)N(CCNS(=O)(=O)c1ccc(F)cc1N)C(C)C. The molecule has 7 heteroatoms. The first-order chi connectivity index (χ1) is 9.65. The van der Waals surface area contributed by atoms with E-state index in [1.54, 1.807) is 0 Å². The van der Waals surface area contributed by atoms with Crippen molar-refractivity contribution in [1.29, 1.82) is 0 Å². The Hall–Kier alpha value is -1.18. The molecule has 0 radical (unpaired) electrons. The Morgan fingerprint density at radius 1 is 1.24 bits per heavy atom. The zero-order valence-electron chi connectivity index (χ0n) is 12.9. The molecular formula is C14H24FN3O2S. The van der Waals surface area contributed by atoms with Crippen LogP contribution in [0.2, 0.25) is 0 Å². The molecule has 3 N–H and O–H groups in total. The van der Waals surface area contributed by atoms with Crippen LogP contribution in [0.3, 0.4) is 0 Å². The third kappa shape index (κ3) is 4.94. The van der Waals surface area contributed by atoms with E-state index < -0.39 is 15.8 Å². The molecule has 0 aliphatic heterocycles. The van der Waals surface area contributed by atoms with Gasteiger partial charge in [-0.05, 0) is 45.9 Å². The minimum atomic E-state index is -3.72. The van der Waals surface area contributed by atoms with Crippen molar-refractivity contribution in [3.63, 3.8) is 0 Å². The summed E-state index contributed by atoms with van der Waals surface area (Å²) in [6.07, 6.45) is 0. The third-order valence-electron chi connectivity index (χ3n) is 3.25. The molecule has 0 spiro atoms. The number of hydrogen-bond acceptors (Lipinski definition) is 4. The Kier molecular flexibility index (Phi) is 6.12. The summed E-state index contributed by atoms with van der Waals surface area (Å²) in [6, 6.07) is 3.91. The van der Waals surface area contributed by atoms with Gasteiger partial charge in [0.25, 0.3) is 0 Å². The lowest BCUT2D eigenvalue weighted by Gasteiger charge is -2.30. The maximum Gasteiger partial charge on any atom is 0.242 e. The molecule has 21 heavy (non-hydrogen) atoms. The van der Waals surface area contributed by atoms with Gasteiger partial charge >= 0.3 is 0 Å². The predicted molar refractivity (Wildman–Crippen MR) is 83.0 cm³/mol. The number of benzene rings is 1. The highest BCUT2D eigenvalue weighted by molar-refractivity contribution is 7.89. The van der Waals surface area contributed by atoms with Crippen molar-refractivity contribution < 1.29 is 12.8 Å². The summed E-state index contributed by atoms with van der Waals surface area (Å²) in [5.41, 5.74) is 5.48. The molecule has 0 aliphatic carbocycles. The van der Waals surface area contributed by atoms with E-state index in [1.807, 2.05) is 0 Å². The van der Waals surface area contributed by atoms with Crippen LogP contribution in [0.5, 0.6) is 0 Å². The second-order valence-electron chi connectivity index (χ2n) is 5.51. The number of hydrogen-bond donors (Lipinski definition) is 2. The number of nitrogen functional groups attached to an aromatic ring is 1. The van der Waals surface area contributed by atoms with E-state index in [1.165, 1.54) is 6.07 Å². The van der Waals surface area contributed by atoms with Gasteiger partial charge < -0.3 is 5.73 Å². The maximum atomic E-state index is 13.0. The molecule has 0 bridgehead atoms. The summed E-state index contributed by atoms with van der Waals surface area (Å²) in [5, 5.41) is 0. The van der Waals surface area contributed by atoms with Crippen molar-refractivity contribution in [1.82, 2.24) is 9.62 Å². The highest BCUT2D eigenvalue weighted by Crippen LogP contribution is 2.18. The number of halogens is 1. The van der Waals surface area contributed by atoms with Crippen LogP contribution in [0.15, 0.2) is 23.1 Å². The van der Waals surface area contributed by atoms with Gasteiger partial charge in [0.2, 0.25) is 10.0 Å². The maximum absolute atomic E-state index is 13.0. The first-order valence-electron chi connectivity index (χ1n) is 6.95. The third-order valence-corrected chi connectivity index (χ3v) is 4.78. The monoisotopic (exact) mass is 317 g/mol. The van der Waals surface area contributed by atoms with Crippen molar-refractivity contribution in [3.8, 4) is 0 Å². The van der Waals surface area contributed by atoms with Gasteiger partial charge in [-0.3, -0.25) is 4.90 Å². The molecule has 0 unspecified atom stereocenters. The van der Waals surface area contributed by atoms with Crippen molar-refractivity contribution in [3.05, 3.63) is 24.0 Å². The molecule has 0 saturated heterocycles. The molecule has 0 amide bonds. The van der Waals surface area contributed by atoms with Crippen LogP contribution in [0.25, 0.3) is 0 Å². The van der Waals surface area contributed by atoms with E-state index in [2.05, 4.69) is 37.3 Å². The van der Waals surface area contributed by atoms with Crippen LogP contribution < -0.4 is 10.5 Å². The molecule has 0 saturated carbocycles. The minimum Gasteiger partial charge on any atom is -0.398 e. The van der Waals surface area contributed by atoms with Crippen molar-refractivity contribution in [2.24, 2.45) is 0 Å². The molecule has 1 aromatic carbocycles. The number of rotatable bonds is 7. The second-order valence-corrected chi connectivity index (χ2v) is 7.24. The topological polar surface area (TPSA) is 75.4 Å². The van der Waals surface area contributed by atoms with Crippen LogP contribution >= 0.6 is 0 Å². The lowest BCUT2D eigenvalue weighted by atomic mass is 10.2. The van der Waals surface area contributed by atoms with Gasteiger partial charge in [-0.15, -0.1) is 0 Å². The fourth-order valence-corrected chi connectivity index (χ4v) is 3.40. The van der Waals surface area contributed by atoms with Gasteiger partial charge in [0.05, 0.1) is 5.69 Å². The van der Waals surface area contributed by atoms with Gasteiger partial charge in [-0.2, -0.15) is 0 Å². The normalized spacial score (nSPS) is 12.6. The van der Waals surface area contributed by atoms with Gasteiger partial charge in [0, 0.05) is 25.2 Å². The van der Waals surface area contributed by atoms with Crippen molar-refractivity contribution in [2.45, 2.75) is 44.7 Å². The summed E-state index contributed by atoms with van der Waals surface area (Å²) in [7, 11) is -3.72. The first-order valence-corrected chi connectivity index (χ1v) is 8.44. The van der Waals surface area contributed by atoms with E-state index in [0.29, 0.717) is 18.6 Å². The van der Waals surface area contributed by atoms with E-state index in [0.717, 1.165) is 12.1 Å². The summed E-state index contributed by atoms with van der Waals surface area (Å²) >= 11 is 0. The Balaban J connectivity index is 2.73. The molecule has 0 aliphatic rings. The van der Waals surface area contributed by atoms with Crippen LogP contribution in [-0.2, 0) is 10.0 Å². The van der Waals surface area contributed by atoms with Crippen LogP contribution in [0.4, 0.5) is 10.1 Å². The zero-order chi connectivity index (χ0) is 16.2. The second kappa shape index (κ2) is 7.20. The van der Waals surface area contributed by atoms with E-state index in [4.69, 9.17) is 5.73 Å².